The molecule has 3 amide bonds. The molecule has 1 aliphatic heterocycles. The Balaban J connectivity index is 0.903. The summed E-state index contributed by atoms with van der Waals surface area (Å²) in [6, 6.07) is 22.8. The van der Waals surface area contributed by atoms with Crippen LogP contribution in [0.2, 0.25) is 5.02 Å². The molecule has 1 aromatic heterocycles. The number of nitrogens with one attached hydrogen (secondary N) is 5. The molecule has 2 aliphatic carbocycles. The van der Waals surface area contributed by atoms with Crippen LogP contribution in [0.25, 0.3) is 0 Å². The Bertz CT molecular complexity index is 3120. The number of likely N-dealkylation sites (N-methyl/N-ethyl adjacent to an activating group) is 1. The first-order valence-corrected chi connectivity index (χ1v) is 30.4. The summed E-state index contributed by atoms with van der Waals surface area (Å²) in [6.07, 6.45) is 9.40. The zero-order valence-corrected chi connectivity index (χ0v) is 50.7. The largest absolute Gasteiger partial charge is 0.495 e. The Labute approximate surface area is 485 Å². The standard InChI is InChI=1S/C60H77ClIN9O7S/c1-36(2)79(75,76)53-23-13-12-21-49(53)65-55-47(61)33-64-59(69-55)67-50-28-37(3)41(32-52(50)77-9)26-27-70(62)34-39-16-14-19-44(29-39)78-45-25-24-42-31-51(57(73)66-48-22-15-18-40-17-10-11-20-46(40)48)71(35-43(42)30-45)58(74)54(60(5,6)7)68-56(72)38(4)63-8/h10-13,17,20-21,23-25,28,30,32-33,36,38-39,44,48,51,54,63H,14-16,18-19,22,26-27,29,31,34-35H2,1-9H3,(H,66,73)(H,68,72)(H2,64,65,67,69)/t38-,39?,44?,48+,51-,54+/m0/s1. The van der Waals surface area contributed by atoms with E-state index in [2.05, 4.69) is 87.7 Å². The number of hydrogen-bond acceptors (Lipinski definition) is 13. The van der Waals surface area contributed by atoms with Gasteiger partial charge in [0.1, 0.15) is 28.6 Å². The predicted octanol–water partition coefficient (Wildman–Crippen LogP) is 10.5. The Morgan fingerprint density at radius 3 is 2.43 bits per heavy atom. The van der Waals surface area contributed by atoms with Crippen molar-refractivity contribution < 1.29 is 32.3 Å². The maximum absolute atomic E-state index is 14.9. The van der Waals surface area contributed by atoms with Gasteiger partial charge in [-0.3, -0.25) is 14.4 Å². The summed E-state index contributed by atoms with van der Waals surface area (Å²) in [6.45, 7) is 14.9. The van der Waals surface area contributed by atoms with Crippen molar-refractivity contribution in [1.82, 2.24) is 33.9 Å². The van der Waals surface area contributed by atoms with Gasteiger partial charge in [-0.2, -0.15) is 4.98 Å². The monoisotopic (exact) mass is 1230 g/mol. The lowest BCUT2D eigenvalue weighted by Gasteiger charge is -2.42. The number of methoxy groups -OCH3 is 1. The molecule has 4 aromatic carbocycles. The van der Waals surface area contributed by atoms with Gasteiger partial charge in [0.2, 0.25) is 23.7 Å². The molecule has 0 radical (unpaired) electrons. The molecule has 2 unspecified atom stereocenters. The van der Waals surface area contributed by atoms with Gasteiger partial charge in [-0.05, 0) is 167 Å². The molecule has 2 heterocycles. The summed E-state index contributed by atoms with van der Waals surface area (Å²) in [5, 5.41) is 15.4. The highest BCUT2D eigenvalue weighted by Crippen LogP contribution is 2.37. The van der Waals surface area contributed by atoms with Gasteiger partial charge in [-0.25, -0.2) is 16.5 Å². The van der Waals surface area contributed by atoms with Crippen LogP contribution >= 0.6 is 34.5 Å². The van der Waals surface area contributed by atoms with Crippen LogP contribution in [0.1, 0.15) is 119 Å². The quantitative estimate of drug-likeness (QED) is 0.0365. The fourth-order valence-corrected chi connectivity index (χ4v) is 13.0. The normalized spacial score (nSPS) is 19.2. The molecule has 1 fully saturated rings. The second kappa shape index (κ2) is 25.9. The van der Waals surface area contributed by atoms with Gasteiger partial charge in [0.15, 0.2) is 15.7 Å². The molecule has 8 rings (SSSR count). The zero-order chi connectivity index (χ0) is 56.8. The Morgan fingerprint density at radius 1 is 0.924 bits per heavy atom. The molecule has 3 aliphatic rings. The Hall–Kier alpha value is -5.54. The summed E-state index contributed by atoms with van der Waals surface area (Å²) in [5.41, 5.74) is 6.92. The van der Waals surface area contributed by atoms with Crippen molar-refractivity contribution in [3.05, 3.63) is 123 Å². The Kier molecular flexibility index (Phi) is 19.6. The molecule has 424 valence electrons. The number of carbonyl (C=O) groups is 3. The fourth-order valence-electron chi connectivity index (χ4n) is 10.9. The lowest BCUT2D eigenvalue weighted by Crippen LogP contribution is -2.62. The third-order valence-corrected chi connectivity index (χ3v) is 19.0. The zero-order valence-electron chi connectivity index (χ0n) is 46.9. The molecule has 79 heavy (non-hydrogen) atoms. The van der Waals surface area contributed by atoms with Crippen LogP contribution in [0.4, 0.5) is 23.1 Å². The van der Waals surface area contributed by atoms with E-state index in [1.54, 1.807) is 64.1 Å². The topological polar surface area (TPSA) is 196 Å². The highest BCUT2D eigenvalue weighted by molar-refractivity contribution is 14.1. The molecule has 0 spiro atoms. The Morgan fingerprint density at radius 2 is 1.68 bits per heavy atom. The van der Waals surface area contributed by atoms with Crippen molar-refractivity contribution >= 4 is 85.2 Å². The summed E-state index contributed by atoms with van der Waals surface area (Å²) in [4.78, 5) is 53.7. The number of benzene rings is 4. The van der Waals surface area contributed by atoms with Gasteiger partial charge >= 0.3 is 0 Å². The summed E-state index contributed by atoms with van der Waals surface area (Å²) >= 11 is 8.97. The van der Waals surface area contributed by atoms with Crippen LogP contribution in [0, 0.1) is 18.3 Å². The van der Waals surface area contributed by atoms with Gasteiger partial charge in [0.05, 0.1) is 53.0 Å². The van der Waals surface area contributed by atoms with Crippen LogP contribution in [-0.4, -0.2) is 101 Å². The molecule has 5 aromatic rings. The lowest BCUT2D eigenvalue weighted by molar-refractivity contribution is -0.147. The number of aryl methyl sites for hydroxylation is 2. The minimum atomic E-state index is -3.59. The van der Waals surface area contributed by atoms with Crippen molar-refractivity contribution in [2.24, 2.45) is 11.3 Å². The predicted molar refractivity (Wildman–Crippen MR) is 320 cm³/mol. The molecular weight excluding hydrogens is 1150 g/mol. The minimum absolute atomic E-state index is 0.0225. The number of nitrogens with zero attached hydrogens (tertiary/aromatic N) is 4. The maximum Gasteiger partial charge on any atom is 0.246 e. The number of sulfone groups is 1. The average Bonchev–Trinajstić information content (AvgIpc) is 3.43. The van der Waals surface area contributed by atoms with E-state index >= 15 is 0 Å². The van der Waals surface area contributed by atoms with E-state index in [9.17, 15) is 22.8 Å². The third-order valence-electron chi connectivity index (χ3n) is 15.6. The van der Waals surface area contributed by atoms with E-state index in [4.69, 9.17) is 21.1 Å². The summed E-state index contributed by atoms with van der Waals surface area (Å²) < 4.78 is 41.3. The van der Waals surface area contributed by atoms with Crippen LogP contribution < -0.4 is 36.1 Å². The van der Waals surface area contributed by atoms with E-state index in [1.807, 2.05) is 57.2 Å². The lowest BCUT2D eigenvalue weighted by atomic mass is 9.83. The van der Waals surface area contributed by atoms with Gasteiger partial charge in [0.25, 0.3) is 0 Å². The van der Waals surface area contributed by atoms with Gasteiger partial charge in [0, 0.05) is 48.9 Å². The number of aromatic nitrogens is 2. The number of ether oxygens (including phenoxy) is 2. The molecule has 16 nitrogen and oxygen atoms in total. The molecular formula is C60H77ClIN9O7S. The fraction of sp³-hybridized carbons (Fsp3) is 0.483. The van der Waals surface area contributed by atoms with E-state index in [-0.39, 0.29) is 58.1 Å². The van der Waals surface area contributed by atoms with Crippen LogP contribution in [-0.2, 0) is 50.0 Å². The average molecular weight is 1230 g/mol. The van der Waals surface area contributed by atoms with Crippen molar-refractivity contribution in [3.8, 4) is 11.5 Å². The summed E-state index contributed by atoms with van der Waals surface area (Å²) in [7, 11) is -0.251. The van der Waals surface area contributed by atoms with Crippen molar-refractivity contribution in [2.45, 2.75) is 153 Å². The molecule has 19 heteroatoms. The molecule has 5 N–H and O–H groups in total. The number of carbonyl (C=O) groups excluding carboxylic acids is 3. The van der Waals surface area contributed by atoms with E-state index in [0.29, 0.717) is 29.5 Å². The van der Waals surface area contributed by atoms with Crippen molar-refractivity contribution in [1.29, 1.82) is 0 Å². The molecule has 6 atom stereocenters. The van der Waals surface area contributed by atoms with Gasteiger partial charge in [-0.15, -0.1) is 0 Å². The van der Waals surface area contributed by atoms with Crippen LogP contribution in [0.15, 0.2) is 90.0 Å². The van der Waals surface area contributed by atoms with Crippen LogP contribution in [0.3, 0.4) is 0 Å². The smallest absolute Gasteiger partial charge is 0.246 e. The minimum Gasteiger partial charge on any atom is -0.495 e. The first-order chi connectivity index (χ1) is 37.6. The number of halogens is 2. The number of fused-ring (bicyclic) bond motifs is 2. The second-order valence-electron chi connectivity index (χ2n) is 22.7. The van der Waals surface area contributed by atoms with E-state index in [1.165, 1.54) is 11.8 Å². The molecule has 0 bridgehead atoms. The SMILES string of the molecule is CN[C@@H](C)C(=O)N[C@H](C(=O)N1Cc2cc(OC3CCCC(CN(I)CCc4cc(OC)c(Nc5ncc(Cl)c(Nc6ccccc6S(=O)(=O)C(C)C)n5)cc4C)C3)ccc2C[C@H]1C(=O)N[C@@H]1CCCc2ccccc21)C(C)(C)C. The molecule has 0 saturated heterocycles. The number of rotatable bonds is 20. The third kappa shape index (κ3) is 14.5. The molecule has 1 saturated carbocycles. The first-order valence-electron chi connectivity index (χ1n) is 27.6. The highest BCUT2D eigenvalue weighted by Gasteiger charge is 2.43. The van der Waals surface area contributed by atoms with Crippen LogP contribution in [0.5, 0.6) is 11.5 Å². The number of amides is 3. The number of hydrogen-bond donors (Lipinski definition) is 5. The highest BCUT2D eigenvalue weighted by atomic mass is 127. The summed E-state index contributed by atoms with van der Waals surface area (Å²) in [5.74, 6) is 1.55. The van der Waals surface area contributed by atoms with Crippen molar-refractivity contribution in [3.63, 3.8) is 0 Å². The first kappa shape index (κ1) is 59.6. The van der Waals surface area contributed by atoms with Gasteiger partial charge < -0.3 is 41.0 Å². The van der Waals surface area contributed by atoms with Crippen molar-refractivity contribution in [2.75, 3.05) is 37.9 Å². The maximum atomic E-state index is 14.9. The number of anilines is 4. The van der Waals surface area contributed by atoms with E-state index < -0.39 is 38.6 Å². The second-order valence-corrected chi connectivity index (χ2v) is 26.9. The number of para-hydroxylation sites is 1. The van der Waals surface area contributed by atoms with Gasteiger partial charge in [-0.1, -0.05) is 74.8 Å². The van der Waals surface area contributed by atoms with E-state index in [0.717, 1.165) is 98.0 Å².